The Hall–Kier alpha value is -2.88. The van der Waals surface area contributed by atoms with E-state index >= 15 is 0 Å². The first-order valence-electron chi connectivity index (χ1n) is 15.0. The van der Waals surface area contributed by atoms with Crippen LogP contribution in [-0.4, -0.2) is 22.4 Å². The van der Waals surface area contributed by atoms with E-state index in [9.17, 15) is 0 Å². The van der Waals surface area contributed by atoms with Gasteiger partial charge in [-0.2, -0.15) is 0 Å². The molecule has 0 spiro atoms. The van der Waals surface area contributed by atoms with Gasteiger partial charge in [-0.05, 0) is 98.1 Å². The van der Waals surface area contributed by atoms with Crippen molar-refractivity contribution in [2.45, 2.75) is 106 Å². The SMILES string of the molecule is CCCc1c2[nH]c(c1C)/C=C1\N=C(CC3N/C(=C\C4=NC(=C\2)/[C@H](CCC)[C@H]4C)C(C)=C3CC)C(C)=C1CC. The Morgan fingerprint density at radius 1 is 0.895 bits per heavy atom. The minimum Gasteiger partial charge on any atom is -0.378 e. The molecular weight excluding hydrogens is 464 g/mol. The first-order valence-corrected chi connectivity index (χ1v) is 15.0. The van der Waals surface area contributed by atoms with Crippen molar-refractivity contribution in [3.8, 4) is 0 Å². The molecule has 0 fully saturated rings. The zero-order valence-electron chi connectivity index (χ0n) is 24.8. The second kappa shape index (κ2) is 10.7. The number of aliphatic imine (C=N–C) groups is 2. The van der Waals surface area contributed by atoms with Crippen molar-refractivity contribution in [2.24, 2.45) is 21.8 Å². The van der Waals surface area contributed by atoms with Crippen LogP contribution in [-0.2, 0) is 6.42 Å². The van der Waals surface area contributed by atoms with Crippen molar-refractivity contribution >= 4 is 23.6 Å². The van der Waals surface area contributed by atoms with E-state index in [0.717, 1.165) is 44.2 Å². The average Bonchev–Trinajstić information content (AvgIpc) is 3.55. The number of aromatic nitrogens is 1. The molecule has 1 aromatic heterocycles. The zero-order valence-corrected chi connectivity index (χ0v) is 24.8. The molecule has 1 aromatic rings. The van der Waals surface area contributed by atoms with Gasteiger partial charge in [0.05, 0.1) is 11.7 Å². The monoisotopic (exact) mass is 510 g/mol. The van der Waals surface area contributed by atoms with Crippen LogP contribution in [0.1, 0.15) is 110 Å². The van der Waals surface area contributed by atoms with Crippen LogP contribution in [0.15, 0.2) is 55.4 Å². The predicted molar refractivity (Wildman–Crippen MR) is 164 cm³/mol. The number of nitrogens with zero attached hydrogens (tertiary/aromatic N) is 2. The summed E-state index contributed by atoms with van der Waals surface area (Å²) in [5.74, 6) is 0.862. The van der Waals surface area contributed by atoms with Crippen LogP contribution in [0.2, 0.25) is 0 Å². The maximum absolute atomic E-state index is 5.32. The van der Waals surface area contributed by atoms with Crippen molar-refractivity contribution in [1.82, 2.24) is 10.3 Å². The summed E-state index contributed by atoms with van der Waals surface area (Å²) >= 11 is 0. The van der Waals surface area contributed by atoms with Gasteiger partial charge in [0.2, 0.25) is 0 Å². The van der Waals surface area contributed by atoms with Gasteiger partial charge in [-0.3, -0.25) is 9.98 Å². The van der Waals surface area contributed by atoms with Crippen LogP contribution < -0.4 is 5.32 Å². The molecule has 0 saturated carbocycles. The third-order valence-corrected chi connectivity index (χ3v) is 9.34. The minimum absolute atomic E-state index is 0.291. The standard InChI is InChI=1S/C34H46N4/c1-9-13-25-21(7)28-15-27-19(5)23(11-3)31(35-27)16-29-20(6)24(12-4)32(36-29)17-30-22(8)26(14-10-2)34(38-30)18-33(25)37-28/h15,17-18,21,25,31,35,38H,9-14,16H2,1-8H3/b27-15-,32-17-,33-18-/t21-,25-,31?/m1/s1. The summed E-state index contributed by atoms with van der Waals surface area (Å²) in [6, 6.07) is 0.291. The summed E-state index contributed by atoms with van der Waals surface area (Å²) in [6.07, 6.45) is 14.5. The van der Waals surface area contributed by atoms with E-state index in [-0.39, 0.29) is 0 Å². The third-order valence-electron chi connectivity index (χ3n) is 9.34. The Balaban J connectivity index is 1.75. The molecule has 4 nitrogen and oxygen atoms in total. The molecule has 0 amide bonds. The van der Waals surface area contributed by atoms with Crippen molar-refractivity contribution < 1.29 is 0 Å². The minimum atomic E-state index is 0.291. The Bertz CT molecular complexity index is 1350. The van der Waals surface area contributed by atoms with E-state index in [0.29, 0.717) is 17.9 Å². The number of hydrogen-bond acceptors (Lipinski definition) is 3. The lowest BCUT2D eigenvalue weighted by molar-refractivity contribution is 0.490. The maximum atomic E-state index is 5.32. The van der Waals surface area contributed by atoms with Gasteiger partial charge in [-0.15, -0.1) is 0 Å². The second-order valence-electron chi connectivity index (χ2n) is 11.6. The molecule has 4 aliphatic rings. The van der Waals surface area contributed by atoms with Crippen LogP contribution >= 0.6 is 0 Å². The average molecular weight is 511 g/mol. The predicted octanol–water partition coefficient (Wildman–Crippen LogP) is 8.63. The van der Waals surface area contributed by atoms with Crippen LogP contribution in [0.25, 0.3) is 12.2 Å². The smallest absolute Gasteiger partial charge is 0.0689 e. The molecule has 3 atom stereocenters. The van der Waals surface area contributed by atoms with Gasteiger partial charge < -0.3 is 10.3 Å². The lowest BCUT2D eigenvalue weighted by Crippen LogP contribution is -2.27. The first-order chi connectivity index (χ1) is 18.3. The molecule has 8 bridgehead atoms. The van der Waals surface area contributed by atoms with E-state index in [1.165, 1.54) is 74.0 Å². The molecule has 38 heavy (non-hydrogen) atoms. The molecule has 2 N–H and O–H groups in total. The van der Waals surface area contributed by atoms with Gasteiger partial charge >= 0.3 is 0 Å². The fraction of sp³-hybridized carbons (Fsp3) is 0.529. The summed E-state index contributed by atoms with van der Waals surface area (Å²) in [5.41, 5.74) is 16.9. The molecule has 5 rings (SSSR count). The molecular formula is C34H46N4. The Morgan fingerprint density at radius 3 is 2.37 bits per heavy atom. The topological polar surface area (TPSA) is 52.5 Å². The van der Waals surface area contributed by atoms with Gasteiger partial charge in [0.1, 0.15) is 0 Å². The normalized spacial score (nSPS) is 28.9. The summed E-state index contributed by atoms with van der Waals surface area (Å²) < 4.78 is 0. The number of fused-ring (bicyclic) bond motifs is 6. The molecule has 0 radical (unpaired) electrons. The molecule has 4 aliphatic heterocycles. The fourth-order valence-corrected chi connectivity index (χ4v) is 7.03. The summed E-state index contributed by atoms with van der Waals surface area (Å²) in [6.45, 7) is 18.3. The highest BCUT2D eigenvalue weighted by Gasteiger charge is 2.34. The fourth-order valence-electron chi connectivity index (χ4n) is 7.03. The Morgan fingerprint density at radius 2 is 1.68 bits per heavy atom. The summed E-state index contributed by atoms with van der Waals surface area (Å²) in [7, 11) is 0. The highest BCUT2D eigenvalue weighted by molar-refractivity contribution is 6.06. The molecule has 202 valence electrons. The van der Waals surface area contributed by atoms with Crippen molar-refractivity contribution in [2.75, 3.05) is 0 Å². The van der Waals surface area contributed by atoms with E-state index in [4.69, 9.17) is 9.98 Å². The van der Waals surface area contributed by atoms with Crippen molar-refractivity contribution in [3.63, 3.8) is 0 Å². The highest BCUT2D eigenvalue weighted by atomic mass is 15.0. The number of rotatable bonds is 6. The second-order valence-corrected chi connectivity index (χ2v) is 11.6. The lowest BCUT2D eigenvalue weighted by Gasteiger charge is -2.17. The molecule has 5 heterocycles. The summed E-state index contributed by atoms with van der Waals surface area (Å²) in [5, 5.41) is 3.90. The van der Waals surface area contributed by atoms with Gasteiger partial charge in [0.15, 0.2) is 0 Å². The largest absolute Gasteiger partial charge is 0.378 e. The van der Waals surface area contributed by atoms with Crippen LogP contribution in [0.5, 0.6) is 0 Å². The molecule has 4 heteroatoms. The number of nitrogens with one attached hydrogen (secondary N) is 2. The van der Waals surface area contributed by atoms with E-state index in [2.05, 4.69) is 83.9 Å². The number of allylic oxidation sites excluding steroid dienone is 5. The molecule has 0 saturated heterocycles. The first kappa shape index (κ1) is 26.7. The molecule has 1 unspecified atom stereocenters. The Kier molecular flexibility index (Phi) is 7.53. The number of aromatic amines is 1. The van der Waals surface area contributed by atoms with Crippen LogP contribution in [0, 0.1) is 18.8 Å². The number of hydrogen-bond donors (Lipinski definition) is 2. The molecule has 0 aliphatic carbocycles. The zero-order chi connectivity index (χ0) is 27.1. The van der Waals surface area contributed by atoms with E-state index < -0.39 is 0 Å². The third kappa shape index (κ3) is 4.50. The molecule has 0 aromatic carbocycles. The van der Waals surface area contributed by atoms with Crippen molar-refractivity contribution in [1.29, 1.82) is 0 Å². The highest BCUT2D eigenvalue weighted by Crippen LogP contribution is 2.40. The van der Waals surface area contributed by atoms with Crippen molar-refractivity contribution in [3.05, 3.63) is 68.0 Å². The lowest BCUT2D eigenvalue weighted by atomic mass is 9.86. The van der Waals surface area contributed by atoms with E-state index in [1.807, 2.05) is 0 Å². The number of H-pyrrole nitrogens is 1. The quantitative estimate of drug-likeness (QED) is 0.395. The van der Waals surface area contributed by atoms with Crippen LogP contribution in [0.4, 0.5) is 0 Å². The van der Waals surface area contributed by atoms with Gasteiger partial charge in [-0.25, -0.2) is 0 Å². The van der Waals surface area contributed by atoms with Gasteiger partial charge in [0, 0.05) is 52.5 Å². The van der Waals surface area contributed by atoms with Gasteiger partial charge in [0.25, 0.3) is 0 Å². The van der Waals surface area contributed by atoms with E-state index in [1.54, 1.807) is 0 Å². The summed E-state index contributed by atoms with van der Waals surface area (Å²) in [4.78, 5) is 14.4. The van der Waals surface area contributed by atoms with Crippen LogP contribution in [0.3, 0.4) is 0 Å². The Labute approximate surface area is 229 Å². The van der Waals surface area contributed by atoms with Gasteiger partial charge in [-0.1, -0.05) is 47.5 Å². The maximum Gasteiger partial charge on any atom is 0.0689 e.